The summed E-state index contributed by atoms with van der Waals surface area (Å²) in [7, 11) is 0. The van der Waals surface area contributed by atoms with Gasteiger partial charge in [0.2, 0.25) is 5.91 Å². The number of hydrogen-bond acceptors (Lipinski definition) is 2. The van der Waals surface area contributed by atoms with E-state index in [0.717, 1.165) is 32.1 Å². The van der Waals surface area contributed by atoms with Crippen LogP contribution in [0.3, 0.4) is 0 Å². The predicted molar refractivity (Wildman–Crippen MR) is 72.6 cm³/mol. The molecule has 3 unspecified atom stereocenters. The smallest absolute Gasteiger partial charge is 0.389 e. The van der Waals surface area contributed by atoms with Crippen molar-refractivity contribution in [3.63, 3.8) is 0 Å². The van der Waals surface area contributed by atoms with Gasteiger partial charge in [0.15, 0.2) is 0 Å². The Kier molecular flexibility index (Phi) is 4.85. The van der Waals surface area contributed by atoms with Gasteiger partial charge in [-0.2, -0.15) is 13.2 Å². The van der Waals surface area contributed by atoms with Crippen molar-refractivity contribution >= 4 is 5.91 Å². The number of aliphatic hydroxyl groups is 1. The van der Waals surface area contributed by atoms with Crippen LogP contribution in [0.15, 0.2) is 0 Å². The summed E-state index contributed by atoms with van der Waals surface area (Å²) >= 11 is 0. The predicted octanol–water partition coefficient (Wildman–Crippen LogP) is 3.26. The molecule has 122 valence electrons. The highest BCUT2D eigenvalue weighted by Crippen LogP contribution is 2.41. The monoisotopic (exact) mass is 307 g/mol. The molecule has 1 heterocycles. The number of carbonyl (C=O) groups is 1. The molecule has 2 aliphatic rings. The quantitative estimate of drug-likeness (QED) is 0.869. The fourth-order valence-corrected chi connectivity index (χ4v) is 3.86. The van der Waals surface area contributed by atoms with Crippen LogP contribution in [-0.2, 0) is 4.79 Å². The van der Waals surface area contributed by atoms with E-state index in [9.17, 15) is 23.1 Å². The fourth-order valence-electron chi connectivity index (χ4n) is 3.86. The van der Waals surface area contributed by atoms with Gasteiger partial charge in [0, 0.05) is 24.9 Å². The third-order valence-corrected chi connectivity index (χ3v) is 4.95. The van der Waals surface area contributed by atoms with Crippen molar-refractivity contribution in [1.29, 1.82) is 0 Å². The highest BCUT2D eigenvalue weighted by atomic mass is 19.4. The molecule has 2 rings (SSSR count). The molecule has 0 spiro atoms. The maximum Gasteiger partial charge on any atom is 0.389 e. The number of rotatable bonds is 3. The first-order valence-corrected chi connectivity index (χ1v) is 7.79. The Morgan fingerprint density at radius 1 is 1.29 bits per heavy atom. The highest BCUT2D eigenvalue weighted by Gasteiger charge is 2.44. The van der Waals surface area contributed by atoms with Crippen LogP contribution in [-0.4, -0.2) is 40.3 Å². The lowest BCUT2D eigenvalue weighted by Gasteiger charge is -2.43. The van der Waals surface area contributed by atoms with E-state index in [1.807, 2.05) is 0 Å². The molecule has 3 nitrogen and oxygen atoms in total. The van der Waals surface area contributed by atoms with Crippen molar-refractivity contribution in [3.8, 4) is 0 Å². The second-order valence-corrected chi connectivity index (χ2v) is 6.62. The van der Waals surface area contributed by atoms with Crippen LogP contribution < -0.4 is 0 Å². The van der Waals surface area contributed by atoms with Crippen LogP contribution in [0.2, 0.25) is 0 Å². The molecular formula is C15H24F3NO2. The van der Waals surface area contributed by atoms with Crippen molar-refractivity contribution < 1.29 is 23.1 Å². The summed E-state index contributed by atoms with van der Waals surface area (Å²) in [4.78, 5) is 13.7. The van der Waals surface area contributed by atoms with Gasteiger partial charge < -0.3 is 10.0 Å². The molecule has 1 aliphatic heterocycles. The van der Waals surface area contributed by atoms with Gasteiger partial charge in [-0.05, 0) is 32.6 Å². The lowest BCUT2D eigenvalue weighted by Crippen LogP contribution is -2.50. The Morgan fingerprint density at radius 2 is 2.00 bits per heavy atom. The minimum Gasteiger partial charge on any atom is -0.390 e. The van der Waals surface area contributed by atoms with E-state index in [1.165, 1.54) is 0 Å². The van der Waals surface area contributed by atoms with Crippen LogP contribution in [0.1, 0.15) is 58.3 Å². The molecule has 1 aliphatic carbocycles. The standard InChI is InChI=1S/C15H24F3NO2/c1-14(21)8-3-2-5-11(14)12-6-4-10-19(12)13(20)7-9-15(16,17)18/h11-12,21H,2-10H2,1H3. The van der Waals surface area contributed by atoms with Gasteiger partial charge >= 0.3 is 6.18 Å². The molecular weight excluding hydrogens is 283 g/mol. The molecule has 0 aromatic heterocycles. The number of hydrogen-bond donors (Lipinski definition) is 1. The Hall–Kier alpha value is -0.780. The van der Waals surface area contributed by atoms with Gasteiger partial charge in [-0.1, -0.05) is 12.8 Å². The van der Waals surface area contributed by atoms with E-state index in [1.54, 1.807) is 11.8 Å². The largest absolute Gasteiger partial charge is 0.390 e. The van der Waals surface area contributed by atoms with Crippen LogP contribution in [0.25, 0.3) is 0 Å². The molecule has 1 saturated carbocycles. The van der Waals surface area contributed by atoms with Gasteiger partial charge in [-0.15, -0.1) is 0 Å². The molecule has 21 heavy (non-hydrogen) atoms. The first-order chi connectivity index (χ1) is 9.71. The van der Waals surface area contributed by atoms with Crippen LogP contribution in [0.4, 0.5) is 13.2 Å². The number of alkyl halides is 3. The van der Waals surface area contributed by atoms with E-state index in [2.05, 4.69) is 0 Å². The summed E-state index contributed by atoms with van der Waals surface area (Å²) in [5.41, 5.74) is -0.810. The Labute approximate surface area is 123 Å². The molecule has 0 radical (unpaired) electrons. The Bertz CT molecular complexity index is 382. The number of nitrogens with zero attached hydrogens (tertiary/aromatic N) is 1. The molecule has 3 atom stereocenters. The van der Waals surface area contributed by atoms with Crippen LogP contribution in [0.5, 0.6) is 0 Å². The Morgan fingerprint density at radius 3 is 2.62 bits per heavy atom. The number of amides is 1. The van der Waals surface area contributed by atoms with Crippen molar-refractivity contribution in [2.75, 3.05) is 6.54 Å². The van der Waals surface area contributed by atoms with Crippen molar-refractivity contribution in [1.82, 2.24) is 4.90 Å². The summed E-state index contributed by atoms with van der Waals surface area (Å²) in [6.45, 7) is 2.32. The summed E-state index contributed by atoms with van der Waals surface area (Å²) < 4.78 is 36.8. The van der Waals surface area contributed by atoms with Crippen molar-refractivity contribution in [3.05, 3.63) is 0 Å². The molecule has 0 aromatic rings. The summed E-state index contributed by atoms with van der Waals surface area (Å²) in [6, 6.07) is -0.0963. The average molecular weight is 307 g/mol. The molecule has 1 saturated heterocycles. The zero-order valence-corrected chi connectivity index (χ0v) is 12.5. The van der Waals surface area contributed by atoms with Crippen molar-refractivity contribution in [2.24, 2.45) is 5.92 Å². The first kappa shape index (κ1) is 16.6. The summed E-state index contributed by atoms with van der Waals surface area (Å²) in [6.07, 6.45) is -0.681. The average Bonchev–Trinajstić information content (AvgIpc) is 2.83. The number of carbonyl (C=O) groups excluding carboxylic acids is 1. The van der Waals surface area contributed by atoms with E-state index in [4.69, 9.17) is 0 Å². The van der Waals surface area contributed by atoms with Crippen LogP contribution >= 0.6 is 0 Å². The lowest BCUT2D eigenvalue weighted by molar-refractivity contribution is -0.152. The van der Waals surface area contributed by atoms with Gasteiger partial charge in [-0.25, -0.2) is 0 Å². The van der Waals surface area contributed by atoms with E-state index in [0.29, 0.717) is 13.0 Å². The normalized spacial score (nSPS) is 34.2. The van der Waals surface area contributed by atoms with E-state index < -0.39 is 30.5 Å². The molecule has 2 fully saturated rings. The third-order valence-electron chi connectivity index (χ3n) is 4.95. The zero-order valence-electron chi connectivity index (χ0n) is 12.5. The van der Waals surface area contributed by atoms with E-state index in [-0.39, 0.29) is 12.0 Å². The lowest BCUT2D eigenvalue weighted by atomic mass is 9.72. The first-order valence-electron chi connectivity index (χ1n) is 7.79. The van der Waals surface area contributed by atoms with Gasteiger partial charge in [0.25, 0.3) is 0 Å². The SMILES string of the molecule is CC1(O)CCCCC1C1CCCN1C(=O)CCC(F)(F)F. The molecule has 0 aromatic carbocycles. The maximum absolute atomic E-state index is 12.3. The van der Waals surface area contributed by atoms with Gasteiger partial charge in [0.05, 0.1) is 12.0 Å². The summed E-state index contributed by atoms with van der Waals surface area (Å²) in [5.74, 6) is -0.431. The second-order valence-electron chi connectivity index (χ2n) is 6.62. The minimum atomic E-state index is -4.29. The minimum absolute atomic E-state index is 0.0106. The molecule has 1 N–H and O–H groups in total. The Balaban J connectivity index is 2.01. The van der Waals surface area contributed by atoms with Crippen LogP contribution in [0, 0.1) is 5.92 Å². The topological polar surface area (TPSA) is 40.5 Å². The molecule has 1 amide bonds. The van der Waals surface area contributed by atoms with E-state index >= 15 is 0 Å². The summed E-state index contributed by atoms with van der Waals surface area (Å²) in [5, 5.41) is 10.5. The van der Waals surface area contributed by atoms with Crippen molar-refractivity contribution in [2.45, 2.75) is 76.1 Å². The molecule has 0 bridgehead atoms. The highest BCUT2D eigenvalue weighted by molar-refractivity contribution is 5.77. The maximum atomic E-state index is 12.3. The fraction of sp³-hybridized carbons (Fsp3) is 0.933. The molecule has 6 heteroatoms. The zero-order chi connectivity index (χ0) is 15.7. The number of halogens is 3. The third kappa shape index (κ3) is 4.11. The number of likely N-dealkylation sites (tertiary alicyclic amines) is 1. The second kappa shape index (κ2) is 6.15. The van der Waals surface area contributed by atoms with Gasteiger partial charge in [0.1, 0.15) is 0 Å². The van der Waals surface area contributed by atoms with Gasteiger partial charge in [-0.3, -0.25) is 4.79 Å².